The Balaban J connectivity index is 1.33. The zero-order valence-corrected chi connectivity index (χ0v) is 14.9. The molecule has 2 amide bonds. The highest BCUT2D eigenvalue weighted by molar-refractivity contribution is 6.05. The number of rotatable bonds is 2. The quantitative estimate of drug-likeness (QED) is 0.820. The predicted octanol–water partition coefficient (Wildman–Crippen LogP) is 2.23. The van der Waals surface area contributed by atoms with E-state index in [0.717, 1.165) is 29.8 Å². The van der Waals surface area contributed by atoms with E-state index in [1.165, 1.54) is 6.07 Å². The molecule has 0 radical (unpaired) electrons. The van der Waals surface area contributed by atoms with Crippen molar-refractivity contribution in [3.63, 3.8) is 0 Å². The molecule has 2 aromatic carbocycles. The smallest absolute Gasteiger partial charge is 0.253 e. The Morgan fingerprint density at radius 1 is 0.963 bits per heavy atom. The minimum absolute atomic E-state index is 0.0000302. The number of nitrogens with zero attached hydrogens (tertiary/aromatic N) is 3. The van der Waals surface area contributed by atoms with Crippen LogP contribution in [-0.4, -0.2) is 49.4 Å². The summed E-state index contributed by atoms with van der Waals surface area (Å²) < 4.78 is 14.0. The number of para-hydroxylation sites is 1. The fourth-order valence-electron chi connectivity index (χ4n) is 4.45. The van der Waals surface area contributed by atoms with Gasteiger partial charge in [0.2, 0.25) is 5.91 Å². The highest BCUT2D eigenvalue weighted by Crippen LogP contribution is 2.38. The summed E-state index contributed by atoms with van der Waals surface area (Å²) in [5.41, 5.74) is 4.37. The van der Waals surface area contributed by atoms with Gasteiger partial charge in [0.15, 0.2) is 0 Å². The monoisotopic (exact) mass is 365 g/mol. The molecule has 0 aromatic heterocycles. The van der Waals surface area contributed by atoms with Crippen molar-refractivity contribution in [3.05, 3.63) is 58.9 Å². The molecule has 5 nitrogen and oxygen atoms in total. The van der Waals surface area contributed by atoms with Gasteiger partial charge in [0.05, 0.1) is 17.8 Å². The van der Waals surface area contributed by atoms with Crippen LogP contribution in [0.3, 0.4) is 0 Å². The Morgan fingerprint density at radius 2 is 1.70 bits per heavy atom. The van der Waals surface area contributed by atoms with E-state index in [9.17, 15) is 14.0 Å². The molecule has 3 aliphatic rings. The number of anilines is 2. The van der Waals surface area contributed by atoms with Crippen molar-refractivity contribution in [2.75, 3.05) is 42.5 Å². The van der Waals surface area contributed by atoms with Gasteiger partial charge in [0.1, 0.15) is 5.82 Å². The number of benzene rings is 2. The van der Waals surface area contributed by atoms with Gasteiger partial charge in [-0.15, -0.1) is 0 Å². The lowest BCUT2D eigenvalue weighted by atomic mass is 10.0. The van der Waals surface area contributed by atoms with E-state index in [1.54, 1.807) is 12.1 Å². The van der Waals surface area contributed by atoms with Gasteiger partial charge < -0.3 is 14.7 Å². The van der Waals surface area contributed by atoms with E-state index >= 15 is 0 Å². The van der Waals surface area contributed by atoms with Gasteiger partial charge in [-0.25, -0.2) is 4.39 Å². The third-order valence-corrected chi connectivity index (χ3v) is 5.79. The first kappa shape index (κ1) is 16.3. The van der Waals surface area contributed by atoms with Gasteiger partial charge in [-0.2, -0.15) is 0 Å². The van der Waals surface area contributed by atoms with Crippen molar-refractivity contribution in [2.45, 2.75) is 12.8 Å². The normalized spacial score (nSPS) is 18.3. The number of hydrogen-bond acceptors (Lipinski definition) is 3. The number of carbonyl (C=O) groups is 2. The molecule has 138 valence electrons. The minimum Gasteiger partial charge on any atom is -0.366 e. The fraction of sp³-hybridized carbons (Fsp3) is 0.333. The average Bonchev–Trinajstić information content (AvgIpc) is 3.26. The van der Waals surface area contributed by atoms with E-state index in [0.29, 0.717) is 43.9 Å². The van der Waals surface area contributed by atoms with Gasteiger partial charge >= 0.3 is 0 Å². The lowest BCUT2D eigenvalue weighted by Crippen LogP contribution is -2.49. The molecule has 2 aromatic rings. The first-order valence-electron chi connectivity index (χ1n) is 9.37. The second-order valence-electron chi connectivity index (χ2n) is 7.35. The molecule has 27 heavy (non-hydrogen) atoms. The Bertz CT molecular complexity index is 950. The predicted molar refractivity (Wildman–Crippen MR) is 101 cm³/mol. The summed E-state index contributed by atoms with van der Waals surface area (Å²) in [5, 5.41) is 0. The zero-order chi connectivity index (χ0) is 18.5. The van der Waals surface area contributed by atoms with E-state index in [-0.39, 0.29) is 17.6 Å². The summed E-state index contributed by atoms with van der Waals surface area (Å²) >= 11 is 0. The van der Waals surface area contributed by atoms with Crippen LogP contribution in [0.5, 0.6) is 0 Å². The maximum atomic E-state index is 14.0. The number of piperazine rings is 1. The molecule has 1 fully saturated rings. The highest BCUT2D eigenvalue weighted by atomic mass is 19.1. The number of hydrogen-bond donors (Lipinski definition) is 0. The van der Waals surface area contributed by atoms with Gasteiger partial charge in [-0.1, -0.05) is 12.1 Å². The molecule has 0 spiro atoms. The summed E-state index contributed by atoms with van der Waals surface area (Å²) in [6.45, 7) is 3.06. The third-order valence-electron chi connectivity index (χ3n) is 5.79. The second-order valence-corrected chi connectivity index (χ2v) is 7.35. The Kier molecular flexibility index (Phi) is 3.67. The summed E-state index contributed by atoms with van der Waals surface area (Å²) in [7, 11) is 0. The van der Waals surface area contributed by atoms with Gasteiger partial charge in [-0.3, -0.25) is 9.59 Å². The maximum absolute atomic E-state index is 14.0. The topological polar surface area (TPSA) is 43.9 Å². The molecule has 5 rings (SSSR count). The van der Waals surface area contributed by atoms with E-state index in [1.807, 2.05) is 32.9 Å². The summed E-state index contributed by atoms with van der Waals surface area (Å²) in [4.78, 5) is 30.7. The highest BCUT2D eigenvalue weighted by Gasteiger charge is 2.35. The molecule has 3 heterocycles. The first-order valence-corrected chi connectivity index (χ1v) is 9.37. The van der Waals surface area contributed by atoms with Crippen LogP contribution in [0, 0.1) is 5.82 Å². The second kappa shape index (κ2) is 6.08. The van der Waals surface area contributed by atoms with Crippen LogP contribution in [0.1, 0.15) is 21.5 Å². The van der Waals surface area contributed by atoms with Gasteiger partial charge in [-0.05, 0) is 41.8 Å². The molecular formula is C21H20FN3O2. The van der Waals surface area contributed by atoms with Crippen LogP contribution < -0.4 is 9.80 Å². The number of halogens is 1. The van der Waals surface area contributed by atoms with E-state index < -0.39 is 0 Å². The molecule has 0 atom stereocenters. The van der Waals surface area contributed by atoms with Gasteiger partial charge in [0, 0.05) is 38.3 Å². The van der Waals surface area contributed by atoms with Crippen molar-refractivity contribution >= 4 is 23.2 Å². The molecule has 0 bridgehead atoms. The standard InChI is InChI=1S/C21H20FN3O2/c22-17-3-1-2-4-18(17)23-7-9-24(10-8-23)21(27)16-11-14-5-6-25-19(26)13-15(12-16)20(14)25/h1-4,11-12H,5-10,13H2. The fourth-order valence-corrected chi connectivity index (χ4v) is 4.45. The van der Waals surface area contributed by atoms with Crippen LogP contribution in [0.15, 0.2) is 36.4 Å². The minimum atomic E-state index is -0.229. The lowest BCUT2D eigenvalue weighted by molar-refractivity contribution is -0.117. The molecule has 0 aliphatic carbocycles. The summed E-state index contributed by atoms with van der Waals surface area (Å²) in [5.74, 6) is -0.0972. The van der Waals surface area contributed by atoms with Crippen LogP contribution in [0.4, 0.5) is 15.8 Å². The molecule has 0 unspecified atom stereocenters. The van der Waals surface area contributed by atoms with Crippen molar-refractivity contribution in [1.29, 1.82) is 0 Å². The van der Waals surface area contributed by atoms with Crippen LogP contribution in [0.2, 0.25) is 0 Å². The van der Waals surface area contributed by atoms with E-state index in [2.05, 4.69) is 0 Å². The first-order chi connectivity index (χ1) is 13.1. The van der Waals surface area contributed by atoms with E-state index in [4.69, 9.17) is 0 Å². The number of amides is 2. The largest absolute Gasteiger partial charge is 0.366 e. The Morgan fingerprint density at radius 3 is 2.48 bits per heavy atom. The van der Waals surface area contributed by atoms with Crippen LogP contribution in [0.25, 0.3) is 0 Å². The van der Waals surface area contributed by atoms with Gasteiger partial charge in [0.25, 0.3) is 5.91 Å². The maximum Gasteiger partial charge on any atom is 0.253 e. The average molecular weight is 365 g/mol. The van der Waals surface area contributed by atoms with Crippen molar-refractivity contribution in [1.82, 2.24) is 4.90 Å². The Hall–Kier alpha value is -2.89. The SMILES string of the molecule is O=C(c1cc2c3c(c1)CC(=O)N3CC2)N1CCN(c2ccccc2F)CC1. The molecule has 0 N–H and O–H groups in total. The van der Waals surface area contributed by atoms with Crippen molar-refractivity contribution in [2.24, 2.45) is 0 Å². The Labute approximate surface area is 157 Å². The third kappa shape index (κ3) is 2.59. The molecule has 3 aliphatic heterocycles. The molecule has 1 saturated heterocycles. The zero-order valence-electron chi connectivity index (χ0n) is 14.9. The van der Waals surface area contributed by atoms with Crippen LogP contribution in [-0.2, 0) is 17.6 Å². The lowest BCUT2D eigenvalue weighted by Gasteiger charge is -2.36. The molecule has 0 saturated carbocycles. The van der Waals surface area contributed by atoms with Crippen molar-refractivity contribution < 1.29 is 14.0 Å². The number of carbonyl (C=O) groups excluding carboxylic acids is 2. The summed E-state index contributed by atoms with van der Waals surface area (Å²) in [6, 6.07) is 10.6. The molecule has 6 heteroatoms. The summed E-state index contributed by atoms with van der Waals surface area (Å²) in [6.07, 6.45) is 1.21. The van der Waals surface area contributed by atoms with Crippen LogP contribution >= 0.6 is 0 Å². The molecular weight excluding hydrogens is 345 g/mol. The van der Waals surface area contributed by atoms with Crippen molar-refractivity contribution in [3.8, 4) is 0 Å².